The summed E-state index contributed by atoms with van der Waals surface area (Å²) < 4.78 is 10.6. The van der Waals surface area contributed by atoms with Gasteiger partial charge < -0.3 is 14.4 Å². The number of ether oxygens (including phenoxy) is 2. The topological polar surface area (TPSA) is 76.2 Å². The average molecular weight is 350 g/mol. The summed E-state index contributed by atoms with van der Waals surface area (Å²) in [7, 11) is 1.56. The lowest BCUT2D eigenvalue weighted by Gasteiger charge is -2.22. The maximum atomic E-state index is 12.3. The van der Waals surface area contributed by atoms with Gasteiger partial charge in [0.1, 0.15) is 11.5 Å². The number of amides is 3. The first kappa shape index (κ1) is 16.6. The molecule has 3 rings (SSSR count). The Morgan fingerprint density at radius 2 is 2.12 bits per heavy atom. The zero-order chi connectivity index (χ0) is 17.1. The maximum Gasteiger partial charge on any atom is 0.289 e. The molecule has 2 fully saturated rings. The van der Waals surface area contributed by atoms with Gasteiger partial charge in [0.2, 0.25) is 5.91 Å². The van der Waals surface area contributed by atoms with E-state index in [0.717, 1.165) is 11.8 Å². The van der Waals surface area contributed by atoms with Gasteiger partial charge in [-0.15, -0.1) is 0 Å². The summed E-state index contributed by atoms with van der Waals surface area (Å²) in [5, 5.41) is -0.216. The predicted molar refractivity (Wildman–Crippen MR) is 88.2 cm³/mol. The van der Waals surface area contributed by atoms with E-state index in [-0.39, 0.29) is 35.5 Å². The molecule has 2 saturated heterocycles. The van der Waals surface area contributed by atoms with Crippen molar-refractivity contribution in [3.05, 3.63) is 24.3 Å². The van der Waals surface area contributed by atoms with Crippen LogP contribution in [0.1, 0.15) is 6.42 Å². The van der Waals surface area contributed by atoms with Crippen molar-refractivity contribution in [3.8, 4) is 11.5 Å². The van der Waals surface area contributed by atoms with Gasteiger partial charge in [-0.1, -0.05) is 17.8 Å². The molecule has 7 nitrogen and oxygen atoms in total. The van der Waals surface area contributed by atoms with Gasteiger partial charge in [0, 0.05) is 19.2 Å². The van der Waals surface area contributed by atoms with E-state index in [1.54, 1.807) is 36.3 Å². The van der Waals surface area contributed by atoms with E-state index in [1.165, 1.54) is 4.90 Å². The van der Waals surface area contributed by atoms with Crippen LogP contribution >= 0.6 is 11.8 Å². The summed E-state index contributed by atoms with van der Waals surface area (Å²) in [6.07, 6.45) is 0.614. The zero-order valence-corrected chi connectivity index (χ0v) is 14.1. The van der Waals surface area contributed by atoms with Gasteiger partial charge in [-0.25, -0.2) is 0 Å². The minimum Gasteiger partial charge on any atom is -0.497 e. The van der Waals surface area contributed by atoms with E-state index < -0.39 is 0 Å². The molecule has 128 valence electrons. The fourth-order valence-corrected chi connectivity index (χ4v) is 3.60. The van der Waals surface area contributed by atoms with Crippen molar-refractivity contribution in [1.29, 1.82) is 0 Å². The molecule has 0 N–H and O–H groups in total. The highest BCUT2D eigenvalue weighted by molar-refractivity contribution is 8.14. The summed E-state index contributed by atoms with van der Waals surface area (Å²) in [5.74, 6) is 1.08. The number of benzene rings is 1. The summed E-state index contributed by atoms with van der Waals surface area (Å²) in [4.78, 5) is 38.7. The van der Waals surface area contributed by atoms with Crippen molar-refractivity contribution in [1.82, 2.24) is 9.80 Å². The van der Waals surface area contributed by atoms with Crippen molar-refractivity contribution in [3.63, 3.8) is 0 Å². The Bertz CT molecular complexity index is 650. The van der Waals surface area contributed by atoms with E-state index in [4.69, 9.17) is 9.47 Å². The van der Waals surface area contributed by atoms with Gasteiger partial charge in [0.15, 0.2) is 6.61 Å². The SMILES string of the molecule is COc1cccc(OCC(=O)N2CCC(N3C(=O)CSC3=O)C2)c1. The predicted octanol–water partition coefficient (Wildman–Crippen LogP) is 1.37. The van der Waals surface area contributed by atoms with E-state index in [2.05, 4.69) is 0 Å². The molecule has 1 unspecified atom stereocenters. The second kappa shape index (κ2) is 7.12. The van der Waals surface area contributed by atoms with Crippen molar-refractivity contribution in [2.24, 2.45) is 0 Å². The number of nitrogens with zero attached hydrogens (tertiary/aromatic N) is 2. The molecule has 8 heteroatoms. The number of hydrogen-bond acceptors (Lipinski definition) is 6. The Kier molecular flexibility index (Phi) is 4.94. The first-order chi connectivity index (χ1) is 11.6. The van der Waals surface area contributed by atoms with Crippen LogP contribution in [-0.4, -0.2) is 65.5 Å². The van der Waals surface area contributed by atoms with Crippen molar-refractivity contribution >= 4 is 28.8 Å². The van der Waals surface area contributed by atoms with Gasteiger partial charge in [0.25, 0.3) is 11.1 Å². The molecule has 0 aromatic heterocycles. The normalized spacial score (nSPS) is 20.6. The molecule has 0 aliphatic carbocycles. The monoisotopic (exact) mass is 350 g/mol. The molecule has 1 atom stereocenters. The fraction of sp³-hybridized carbons (Fsp3) is 0.438. The van der Waals surface area contributed by atoms with Crippen LogP contribution in [0.4, 0.5) is 4.79 Å². The Hall–Kier alpha value is -2.22. The Morgan fingerprint density at radius 1 is 1.33 bits per heavy atom. The molecule has 2 heterocycles. The fourth-order valence-electron chi connectivity index (χ4n) is 2.82. The van der Waals surface area contributed by atoms with Crippen molar-refractivity contribution < 1.29 is 23.9 Å². The molecular weight excluding hydrogens is 332 g/mol. The minimum absolute atomic E-state index is 0.0868. The van der Waals surface area contributed by atoms with Gasteiger partial charge in [-0.3, -0.25) is 19.3 Å². The van der Waals surface area contributed by atoms with Crippen LogP contribution < -0.4 is 9.47 Å². The number of carbonyl (C=O) groups excluding carboxylic acids is 3. The molecule has 0 radical (unpaired) electrons. The average Bonchev–Trinajstić information content (AvgIpc) is 3.19. The van der Waals surface area contributed by atoms with E-state index in [1.807, 2.05) is 0 Å². The van der Waals surface area contributed by atoms with Gasteiger partial charge >= 0.3 is 0 Å². The second-order valence-electron chi connectivity index (χ2n) is 5.57. The number of imide groups is 1. The highest BCUT2D eigenvalue weighted by Crippen LogP contribution is 2.26. The Morgan fingerprint density at radius 3 is 2.83 bits per heavy atom. The number of likely N-dealkylation sites (tertiary alicyclic amines) is 1. The zero-order valence-electron chi connectivity index (χ0n) is 13.3. The minimum atomic E-state index is -0.222. The molecule has 2 aliphatic heterocycles. The number of thioether (sulfide) groups is 1. The lowest BCUT2D eigenvalue weighted by Crippen LogP contribution is -2.42. The molecule has 3 amide bonds. The van der Waals surface area contributed by atoms with E-state index in [0.29, 0.717) is 31.0 Å². The molecule has 24 heavy (non-hydrogen) atoms. The maximum absolute atomic E-state index is 12.3. The quantitative estimate of drug-likeness (QED) is 0.798. The van der Waals surface area contributed by atoms with Gasteiger partial charge in [-0.2, -0.15) is 0 Å². The standard InChI is InChI=1S/C16H18N2O5S/c1-22-12-3-2-4-13(7-12)23-9-14(19)17-6-5-11(8-17)18-15(20)10-24-16(18)21/h2-4,7,11H,5-6,8-10H2,1H3. The largest absolute Gasteiger partial charge is 0.497 e. The van der Waals surface area contributed by atoms with Crippen LogP contribution in [0.5, 0.6) is 11.5 Å². The summed E-state index contributed by atoms with van der Waals surface area (Å²) >= 11 is 1.02. The van der Waals surface area contributed by atoms with Crippen LogP contribution in [0, 0.1) is 0 Å². The highest BCUT2D eigenvalue weighted by Gasteiger charge is 2.40. The molecule has 0 bridgehead atoms. The first-order valence-electron chi connectivity index (χ1n) is 7.62. The first-order valence-corrected chi connectivity index (χ1v) is 8.60. The third kappa shape index (κ3) is 3.48. The smallest absolute Gasteiger partial charge is 0.289 e. The third-order valence-electron chi connectivity index (χ3n) is 4.07. The van der Waals surface area contributed by atoms with Crippen molar-refractivity contribution in [2.75, 3.05) is 32.6 Å². The van der Waals surface area contributed by atoms with Gasteiger partial charge in [0.05, 0.1) is 18.9 Å². The van der Waals surface area contributed by atoms with Crippen LogP contribution in [0.15, 0.2) is 24.3 Å². The number of carbonyl (C=O) groups is 3. The van der Waals surface area contributed by atoms with E-state index >= 15 is 0 Å². The lowest BCUT2D eigenvalue weighted by atomic mass is 10.2. The van der Waals surface area contributed by atoms with Crippen LogP contribution in [0.2, 0.25) is 0 Å². The summed E-state index contributed by atoms with van der Waals surface area (Å²) in [6, 6.07) is 6.82. The third-order valence-corrected chi connectivity index (χ3v) is 4.90. The van der Waals surface area contributed by atoms with E-state index in [9.17, 15) is 14.4 Å². The molecule has 1 aromatic rings. The molecule has 0 saturated carbocycles. The molecule has 0 spiro atoms. The molecule has 1 aromatic carbocycles. The summed E-state index contributed by atoms with van der Waals surface area (Å²) in [6.45, 7) is 0.807. The number of rotatable bonds is 5. The van der Waals surface area contributed by atoms with Crippen molar-refractivity contribution in [2.45, 2.75) is 12.5 Å². The second-order valence-corrected chi connectivity index (χ2v) is 6.49. The molecule has 2 aliphatic rings. The Balaban J connectivity index is 1.53. The Labute approximate surface area is 143 Å². The molecular formula is C16H18N2O5S. The lowest BCUT2D eigenvalue weighted by molar-refractivity contribution is -0.133. The number of methoxy groups -OCH3 is 1. The highest BCUT2D eigenvalue weighted by atomic mass is 32.2. The van der Waals surface area contributed by atoms with Crippen LogP contribution in [0.25, 0.3) is 0 Å². The van der Waals surface area contributed by atoms with Crippen LogP contribution in [0.3, 0.4) is 0 Å². The van der Waals surface area contributed by atoms with Crippen LogP contribution in [-0.2, 0) is 9.59 Å². The summed E-state index contributed by atoms with van der Waals surface area (Å²) in [5.41, 5.74) is 0. The van der Waals surface area contributed by atoms with Gasteiger partial charge in [-0.05, 0) is 18.6 Å². The number of hydrogen-bond donors (Lipinski definition) is 0.